The molecule has 0 spiro atoms. The number of hydrogen-bond acceptors (Lipinski definition) is 1. The number of benzene rings is 1. The average molecular weight is 329 g/mol. The molecule has 3 heteroatoms. The van der Waals surface area contributed by atoms with Crippen LogP contribution in [0.15, 0.2) is 32.2 Å². The Balaban J connectivity index is 2.05. The SMILES string of the molecule is Brc1cc2c(cc1Br)CC1=C(CNC1)C2. The van der Waals surface area contributed by atoms with E-state index in [0.29, 0.717) is 0 Å². The summed E-state index contributed by atoms with van der Waals surface area (Å²) in [5.41, 5.74) is 6.17. The lowest BCUT2D eigenvalue weighted by Crippen LogP contribution is -2.08. The molecule has 0 atom stereocenters. The molecule has 0 fully saturated rings. The van der Waals surface area contributed by atoms with Crippen LogP contribution in [0.4, 0.5) is 0 Å². The van der Waals surface area contributed by atoms with E-state index in [9.17, 15) is 0 Å². The summed E-state index contributed by atoms with van der Waals surface area (Å²) in [7, 11) is 0. The Hall–Kier alpha value is -0.120. The van der Waals surface area contributed by atoms with Crippen molar-refractivity contribution < 1.29 is 0 Å². The van der Waals surface area contributed by atoms with Gasteiger partial charge >= 0.3 is 0 Å². The predicted octanol–water partition coefficient (Wildman–Crippen LogP) is 3.21. The van der Waals surface area contributed by atoms with Crippen LogP contribution in [0.5, 0.6) is 0 Å². The summed E-state index contributed by atoms with van der Waals surface area (Å²) in [6, 6.07) is 4.50. The number of rotatable bonds is 0. The van der Waals surface area contributed by atoms with Gasteiger partial charge < -0.3 is 5.32 Å². The Labute approximate surface area is 106 Å². The minimum absolute atomic E-state index is 1.09. The Morgan fingerprint density at radius 2 is 1.33 bits per heavy atom. The van der Waals surface area contributed by atoms with Crippen molar-refractivity contribution in [2.75, 3.05) is 13.1 Å². The molecule has 0 saturated heterocycles. The lowest BCUT2D eigenvalue weighted by atomic mass is 9.88. The fraction of sp³-hybridized carbons (Fsp3) is 0.333. The summed E-state index contributed by atoms with van der Waals surface area (Å²) < 4.78 is 2.33. The van der Waals surface area contributed by atoms with Crippen molar-refractivity contribution in [3.05, 3.63) is 43.4 Å². The van der Waals surface area contributed by atoms with Crippen LogP contribution in [0, 0.1) is 0 Å². The monoisotopic (exact) mass is 327 g/mol. The lowest BCUT2D eigenvalue weighted by Gasteiger charge is -2.19. The maximum Gasteiger partial charge on any atom is 0.0320 e. The largest absolute Gasteiger partial charge is 0.309 e. The van der Waals surface area contributed by atoms with Crippen LogP contribution >= 0.6 is 31.9 Å². The van der Waals surface area contributed by atoms with Crippen LogP contribution in [0.25, 0.3) is 0 Å². The molecule has 1 N–H and O–H groups in total. The normalized spacial score (nSPS) is 19.1. The summed E-state index contributed by atoms with van der Waals surface area (Å²) >= 11 is 7.14. The summed E-state index contributed by atoms with van der Waals surface area (Å²) in [5.74, 6) is 0. The fourth-order valence-corrected chi connectivity index (χ4v) is 3.19. The van der Waals surface area contributed by atoms with Crippen LogP contribution in [-0.2, 0) is 12.8 Å². The second kappa shape index (κ2) is 3.72. The third-order valence-corrected chi connectivity index (χ3v) is 5.07. The topological polar surface area (TPSA) is 12.0 Å². The first-order valence-electron chi connectivity index (χ1n) is 5.11. The maximum atomic E-state index is 3.57. The molecule has 0 saturated carbocycles. The fourth-order valence-electron chi connectivity index (χ4n) is 2.41. The zero-order valence-corrected chi connectivity index (χ0v) is 11.4. The van der Waals surface area contributed by atoms with E-state index >= 15 is 0 Å². The van der Waals surface area contributed by atoms with Gasteiger partial charge in [-0.2, -0.15) is 0 Å². The van der Waals surface area contributed by atoms with Crippen molar-refractivity contribution in [3.8, 4) is 0 Å². The van der Waals surface area contributed by atoms with Crippen LogP contribution in [0.2, 0.25) is 0 Å². The van der Waals surface area contributed by atoms with Gasteiger partial charge in [0.15, 0.2) is 0 Å². The molecule has 3 rings (SSSR count). The quantitative estimate of drug-likeness (QED) is 0.721. The Bertz CT molecular complexity index is 422. The first kappa shape index (κ1) is 10.1. The molecule has 0 amide bonds. The van der Waals surface area contributed by atoms with Crippen LogP contribution in [-0.4, -0.2) is 13.1 Å². The van der Waals surface area contributed by atoms with Crippen LogP contribution < -0.4 is 5.32 Å². The van der Waals surface area contributed by atoms with Gasteiger partial charge in [-0.3, -0.25) is 0 Å². The van der Waals surface area contributed by atoms with E-state index in [1.807, 2.05) is 0 Å². The van der Waals surface area contributed by atoms with E-state index in [1.165, 1.54) is 11.1 Å². The van der Waals surface area contributed by atoms with Gasteiger partial charge in [0.25, 0.3) is 0 Å². The molecule has 2 aliphatic rings. The first-order chi connectivity index (χ1) is 7.24. The van der Waals surface area contributed by atoms with Gasteiger partial charge in [0.1, 0.15) is 0 Å². The highest BCUT2D eigenvalue weighted by Crippen LogP contribution is 2.33. The van der Waals surface area contributed by atoms with Crippen molar-refractivity contribution in [3.63, 3.8) is 0 Å². The molecule has 0 radical (unpaired) electrons. The van der Waals surface area contributed by atoms with Crippen molar-refractivity contribution in [1.29, 1.82) is 0 Å². The highest BCUT2D eigenvalue weighted by Gasteiger charge is 2.22. The Morgan fingerprint density at radius 3 is 1.80 bits per heavy atom. The molecule has 1 nitrogen and oxygen atoms in total. The number of halogens is 2. The summed E-state index contributed by atoms with van der Waals surface area (Å²) in [4.78, 5) is 0. The average Bonchev–Trinajstić information content (AvgIpc) is 2.63. The van der Waals surface area contributed by atoms with Gasteiger partial charge in [-0.05, 0) is 68.0 Å². The lowest BCUT2D eigenvalue weighted by molar-refractivity contribution is 0.854. The Kier molecular flexibility index (Phi) is 2.49. The maximum absolute atomic E-state index is 3.57. The molecule has 1 aromatic carbocycles. The van der Waals surface area contributed by atoms with Crippen LogP contribution in [0.3, 0.4) is 0 Å². The van der Waals surface area contributed by atoms with E-state index in [-0.39, 0.29) is 0 Å². The molecule has 0 unspecified atom stereocenters. The molecule has 1 aliphatic heterocycles. The summed E-state index contributed by atoms with van der Waals surface area (Å²) in [6.45, 7) is 2.17. The summed E-state index contributed by atoms with van der Waals surface area (Å²) in [5, 5.41) is 3.43. The summed E-state index contributed by atoms with van der Waals surface area (Å²) in [6.07, 6.45) is 2.26. The molecule has 0 aromatic heterocycles. The molecular weight excluding hydrogens is 318 g/mol. The van der Waals surface area contributed by atoms with E-state index < -0.39 is 0 Å². The molecular formula is C12H11Br2N. The predicted molar refractivity (Wildman–Crippen MR) is 69.1 cm³/mol. The van der Waals surface area contributed by atoms with Crippen molar-refractivity contribution in [1.82, 2.24) is 5.32 Å². The minimum Gasteiger partial charge on any atom is -0.309 e. The molecule has 0 bridgehead atoms. The zero-order valence-electron chi connectivity index (χ0n) is 8.24. The van der Waals surface area contributed by atoms with E-state index in [0.717, 1.165) is 34.9 Å². The van der Waals surface area contributed by atoms with Gasteiger partial charge in [-0.1, -0.05) is 11.1 Å². The number of fused-ring (bicyclic) bond motifs is 1. The minimum atomic E-state index is 1.09. The first-order valence-corrected chi connectivity index (χ1v) is 6.70. The van der Waals surface area contributed by atoms with Crippen molar-refractivity contribution >= 4 is 31.9 Å². The van der Waals surface area contributed by atoms with Gasteiger partial charge in [0.05, 0.1) is 0 Å². The van der Waals surface area contributed by atoms with Crippen molar-refractivity contribution in [2.24, 2.45) is 0 Å². The molecule has 15 heavy (non-hydrogen) atoms. The van der Waals surface area contributed by atoms with Gasteiger partial charge in [-0.15, -0.1) is 0 Å². The van der Waals surface area contributed by atoms with E-state index in [2.05, 4.69) is 49.3 Å². The van der Waals surface area contributed by atoms with E-state index in [1.54, 1.807) is 11.1 Å². The smallest absolute Gasteiger partial charge is 0.0320 e. The van der Waals surface area contributed by atoms with Crippen molar-refractivity contribution in [2.45, 2.75) is 12.8 Å². The van der Waals surface area contributed by atoms with Gasteiger partial charge in [-0.25, -0.2) is 0 Å². The highest BCUT2D eigenvalue weighted by molar-refractivity contribution is 9.13. The second-order valence-electron chi connectivity index (χ2n) is 4.20. The molecule has 1 heterocycles. The third-order valence-electron chi connectivity index (χ3n) is 3.23. The third kappa shape index (κ3) is 1.71. The zero-order chi connectivity index (χ0) is 10.4. The van der Waals surface area contributed by atoms with Gasteiger partial charge in [0, 0.05) is 22.0 Å². The highest BCUT2D eigenvalue weighted by atomic mass is 79.9. The Morgan fingerprint density at radius 1 is 0.867 bits per heavy atom. The molecule has 78 valence electrons. The number of hydrogen-bond donors (Lipinski definition) is 1. The second-order valence-corrected chi connectivity index (χ2v) is 5.91. The van der Waals surface area contributed by atoms with Gasteiger partial charge in [0.2, 0.25) is 0 Å². The number of nitrogens with one attached hydrogen (secondary N) is 1. The molecule has 1 aromatic rings. The standard InChI is InChI=1S/C12H11Br2N/c13-11-3-7-1-9-5-15-6-10(9)2-8(7)4-12(11)14/h3-4,15H,1-2,5-6H2. The van der Waals surface area contributed by atoms with Crippen LogP contribution in [0.1, 0.15) is 11.1 Å². The van der Waals surface area contributed by atoms with E-state index in [4.69, 9.17) is 0 Å². The molecule has 1 aliphatic carbocycles.